The zero-order valence-electron chi connectivity index (χ0n) is 13.2. The third-order valence-corrected chi connectivity index (χ3v) is 5.59. The number of aromatic nitrogens is 1. The molecule has 0 amide bonds. The average Bonchev–Trinajstić information content (AvgIpc) is 2.51. The molecule has 118 valence electrons. The van der Waals surface area contributed by atoms with E-state index in [1.54, 1.807) is 24.5 Å². The second-order valence-corrected chi connectivity index (χ2v) is 7.25. The lowest BCUT2D eigenvalue weighted by molar-refractivity contribution is 0.337. The van der Waals surface area contributed by atoms with Crippen molar-refractivity contribution in [1.82, 2.24) is 4.98 Å². The van der Waals surface area contributed by atoms with Crippen molar-refractivity contribution in [2.75, 3.05) is 12.4 Å². The highest BCUT2D eigenvalue weighted by Crippen LogP contribution is 2.28. The predicted octanol–water partition coefficient (Wildman–Crippen LogP) is 3.11. The summed E-state index contributed by atoms with van der Waals surface area (Å²) >= 11 is 0. The third kappa shape index (κ3) is 3.65. The van der Waals surface area contributed by atoms with Crippen molar-refractivity contribution in [2.45, 2.75) is 32.1 Å². The van der Waals surface area contributed by atoms with Gasteiger partial charge in [0, 0.05) is 12.4 Å². The summed E-state index contributed by atoms with van der Waals surface area (Å²) in [5, 5.41) is 0. The minimum Gasteiger partial charge on any atom is -0.494 e. The van der Waals surface area contributed by atoms with Gasteiger partial charge in [0.25, 0.3) is 0 Å². The first-order valence-electron chi connectivity index (χ1n) is 7.30. The van der Waals surface area contributed by atoms with Crippen LogP contribution in [0.4, 0.5) is 0 Å². The smallest absolute Gasteiger partial charge is 0.178 e. The molecule has 0 saturated carbocycles. The topological polar surface area (TPSA) is 56.3 Å². The molecule has 1 aromatic heterocycles. The third-order valence-electron chi connectivity index (χ3n) is 3.73. The van der Waals surface area contributed by atoms with Gasteiger partial charge in [0.2, 0.25) is 0 Å². The van der Waals surface area contributed by atoms with Gasteiger partial charge in [-0.05, 0) is 68.1 Å². The van der Waals surface area contributed by atoms with Crippen molar-refractivity contribution in [3.63, 3.8) is 0 Å². The summed E-state index contributed by atoms with van der Waals surface area (Å²) in [4.78, 5) is 4.33. The normalized spacial score (nSPS) is 11.4. The summed E-state index contributed by atoms with van der Waals surface area (Å²) in [5.41, 5.74) is 2.62. The Hall–Kier alpha value is -1.88. The van der Waals surface area contributed by atoms with Crippen LogP contribution in [0.5, 0.6) is 5.75 Å². The molecule has 5 heteroatoms. The second kappa shape index (κ2) is 6.92. The molecule has 0 aliphatic carbocycles. The molecule has 22 heavy (non-hydrogen) atoms. The molecule has 1 aromatic carbocycles. The molecule has 0 saturated heterocycles. The van der Waals surface area contributed by atoms with Crippen molar-refractivity contribution >= 4 is 9.84 Å². The predicted molar refractivity (Wildman–Crippen MR) is 87.1 cm³/mol. The Morgan fingerprint density at radius 3 is 2.36 bits per heavy atom. The summed E-state index contributed by atoms with van der Waals surface area (Å²) in [5.74, 6) is 0.832. The van der Waals surface area contributed by atoms with E-state index in [9.17, 15) is 8.42 Å². The van der Waals surface area contributed by atoms with Crippen molar-refractivity contribution in [3.05, 3.63) is 53.3 Å². The van der Waals surface area contributed by atoms with Crippen LogP contribution in [0, 0.1) is 13.8 Å². The summed E-state index contributed by atoms with van der Waals surface area (Å²) in [7, 11) is -3.32. The van der Waals surface area contributed by atoms with Crippen LogP contribution in [0.3, 0.4) is 0 Å². The number of nitrogens with zero attached hydrogens (tertiary/aromatic N) is 1. The molecule has 0 fully saturated rings. The molecule has 0 aliphatic heterocycles. The number of benzene rings is 1. The lowest BCUT2D eigenvalue weighted by Gasteiger charge is -2.14. The maximum atomic E-state index is 12.6. The fourth-order valence-electron chi connectivity index (χ4n) is 2.33. The highest BCUT2D eigenvalue weighted by molar-refractivity contribution is 7.91. The summed E-state index contributed by atoms with van der Waals surface area (Å²) in [6, 6.07) is 7.07. The second-order valence-electron chi connectivity index (χ2n) is 5.17. The zero-order chi connectivity index (χ0) is 16.2. The Kier molecular flexibility index (Phi) is 5.19. The van der Waals surface area contributed by atoms with Gasteiger partial charge >= 0.3 is 0 Å². The van der Waals surface area contributed by atoms with Crippen LogP contribution in [0.25, 0.3) is 0 Å². The molecule has 4 nitrogen and oxygen atoms in total. The minimum absolute atomic E-state index is 0.0886. The Bertz CT molecular complexity index is 740. The number of rotatable bonds is 6. The molecule has 0 N–H and O–H groups in total. The summed E-state index contributed by atoms with van der Waals surface area (Å²) in [6.07, 6.45) is 3.83. The zero-order valence-corrected chi connectivity index (χ0v) is 14.0. The summed E-state index contributed by atoms with van der Waals surface area (Å²) in [6.45, 7) is 6.20. The molecule has 0 spiro atoms. The SMILES string of the molecule is CCOc1ccc(S(=O)(=O)CCc2ccncc2)c(C)c1C. The van der Waals surface area contributed by atoms with E-state index in [1.807, 2.05) is 32.9 Å². The monoisotopic (exact) mass is 319 g/mol. The Morgan fingerprint density at radius 1 is 1.05 bits per heavy atom. The van der Waals surface area contributed by atoms with E-state index < -0.39 is 9.84 Å². The highest BCUT2D eigenvalue weighted by Gasteiger charge is 2.19. The largest absolute Gasteiger partial charge is 0.494 e. The maximum absolute atomic E-state index is 12.6. The van der Waals surface area contributed by atoms with E-state index in [0.717, 1.165) is 22.4 Å². The summed E-state index contributed by atoms with van der Waals surface area (Å²) < 4.78 is 30.7. The Labute approximate surface area is 132 Å². The minimum atomic E-state index is -3.32. The van der Waals surface area contributed by atoms with Gasteiger partial charge in [0.1, 0.15) is 5.75 Å². The van der Waals surface area contributed by atoms with Crippen molar-refractivity contribution < 1.29 is 13.2 Å². The number of hydrogen-bond acceptors (Lipinski definition) is 4. The van der Waals surface area contributed by atoms with Crippen LogP contribution >= 0.6 is 0 Å². The van der Waals surface area contributed by atoms with E-state index in [1.165, 1.54) is 0 Å². The Balaban J connectivity index is 2.24. The number of sulfone groups is 1. The van der Waals surface area contributed by atoms with Crippen LogP contribution in [0.2, 0.25) is 0 Å². The van der Waals surface area contributed by atoms with Gasteiger partial charge in [-0.1, -0.05) is 0 Å². The van der Waals surface area contributed by atoms with E-state index >= 15 is 0 Å². The molecule has 2 aromatic rings. The van der Waals surface area contributed by atoms with Gasteiger partial charge in [-0.25, -0.2) is 8.42 Å². The first-order chi connectivity index (χ1) is 10.5. The highest BCUT2D eigenvalue weighted by atomic mass is 32.2. The van der Waals surface area contributed by atoms with Gasteiger partial charge in [0.05, 0.1) is 17.3 Å². The first kappa shape index (κ1) is 16.5. The Morgan fingerprint density at radius 2 is 1.73 bits per heavy atom. The van der Waals surface area contributed by atoms with Crippen molar-refractivity contribution in [1.29, 1.82) is 0 Å². The van der Waals surface area contributed by atoms with Gasteiger partial charge in [-0.15, -0.1) is 0 Å². The molecule has 0 bridgehead atoms. The number of aryl methyl sites for hydroxylation is 1. The van der Waals surface area contributed by atoms with E-state index in [-0.39, 0.29) is 5.75 Å². The molecule has 2 rings (SSSR count). The molecule has 0 aliphatic rings. The average molecular weight is 319 g/mol. The number of ether oxygens (including phenoxy) is 1. The van der Waals surface area contributed by atoms with Crippen LogP contribution in [0.1, 0.15) is 23.6 Å². The van der Waals surface area contributed by atoms with Crippen molar-refractivity contribution in [2.24, 2.45) is 0 Å². The number of pyridine rings is 1. The molecule has 0 unspecified atom stereocenters. The van der Waals surface area contributed by atoms with Crippen LogP contribution in [-0.2, 0) is 16.3 Å². The van der Waals surface area contributed by atoms with Crippen LogP contribution in [-0.4, -0.2) is 25.8 Å². The van der Waals surface area contributed by atoms with Gasteiger partial charge in [-0.3, -0.25) is 4.98 Å². The standard InChI is InChI=1S/C17H21NO3S/c1-4-21-16-5-6-17(14(3)13(16)2)22(19,20)12-9-15-7-10-18-11-8-15/h5-8,10-11H,4,9,12H2,1-3H3. The fraction of sp³-hybridized carbons (Fsp3) is 0.353. The van der Waals surface area contributed by atoms with Gasteiger partial charge in [-0.2, -0.15) is 0 Å². The first-order valence-corrected chi connectivity index (χ1v) is 8.95. The fourth-order valence-corrected chi connectivity index (χ4v) is 3.95. The molecule has 1 heterocycles. The quantitative estimate of drug-likeness (QED) is 0.821. The lowest BCUT2D eigenvalue weighted by Crippen LogP contribution is -2.12. The molecule has 0 radical (unpaired) electrons. The van der Waals surface area contributed by atoms with Gasteiger partial charge < -0.3 is 4.74 Å². The van der Waals surface area contributed by atoms with Crippen LogP contribution in [0.15, 0.2) is 41.6 Å². The molecular formula is C17H21NO3S. The van der Waals surface area contributed by atoms with E-state index in [2.05, 4.69) is 4.98 Å². The van der Waals surface area contributed by atoms with Gasteiger partial charge in [0.15, 0.2) is 9.84 Å². The number of hydrogen-bond donors (Lipinski definition) is 0. The maximum Gasteiger partial charge on any atom is 0.178 e. The lowest BCUT2D eigenvalue weighted by atomic mass is 10.1. The van der Waals surface area contributed by atoms with E-state index in [4.69, 9.17) is 4.74 Å². The van der Waals surface area contributed by atoms with Crippen molar-refractivity contribution in [3.8, 4) is 5.75 Å². The molecule has 0 atom stereocenters. The van der Waals surface area contributed by atoms with Crippen LogP contribution < -0.4 is 4.74 Å². The van der Waals surface area contributed by atoms with E-state index in [0.29, 0.717) is 17.9 Å². The molecular weight excluding hydrogens is 298 g/mol.